The first-order valence-electron chi connectivity index (χ1n) is 4.92. The fourth-order valence-corrected chi connectivity index (χ4v) is 1.14. The van der Waals surface area contributed by atoms with E-state index in [1.165, 1.54) is 0 Å². The summed E-state index contributed by atoms with van der Waals surface area (Å²) in [4.78, 5) is 0. The summed E-state index contributed by atoms with van der Waals surface area (Å²) in [5.74, 6) is 2.59. The maximum absolute atomic E-state index is 5.14. The predicted molar refractivity (Wildman–Crippen MR) is 57.8 cm³/mol. The lowest BCUT2D eigenvalue weighted by molar-refractivity contribution is 0.522. The highest BCUT2D eigenvalue weighted by Crippen LogP contribution is 2.03. The van der Waals surface area contributed by atoms with Crippen molar-refractivity contribution in [1.29, 1.82) is 0 Å². The smallest absolute Gasteiger partial charge is 0.0762 e. The molecule has 1 aromatic rings. The van der Waals surface area contributed by atoms with Crippen molar-refractivity contribution >= 4 is 0 Å². The Balaban J connectivity index is 2.33. The summed E-state index contributed by atoms with van der Waals surface area (Å²) in [6.45, 7) is 5.87. The van der Waals surface area contributed by atoms with Crippen LogP contribution in [0, 0.1) is 12.3 Å². The number of terminal acetylenes is 1. The van der Waals surface area contributed by atoms with Crippen LogP contribution in [0.5, 0.6) is 0 Å². The van der Waals surface area contributed by atoms with E-state index in [2.05, 4.69) is 30.2 Å². The van der Waals surface area contributed by atoms with Crippen molar-refractivity contribution in [1.82, 2.24) is 15.1 Å². The van der Waals surface area contributed by atoms with Crippen molar-refractivity contribution in [2.24, 2.45) is 0 Å². The van der Waals surface area contributed by atoms with Gasteiger partial charge in [-0.25, -0.2) is 0 Å². The second-order valence-electron chi connectivity index (χ2n) is 3.51. The molecule has 1 aromatic heterocycles. The molecule has 0 radical (unpaired) electrons. The van der Waals surface area contributed by atoms with E-state index < -0.39 is 0 Å². The fraction of sp³-hybridized carbons (Fsp3) is 0.545. The number of hydrogen-bond acceptors (Lipinski definition) is 2. The van der Waals surface area contributed by atoms with Gasteiger partial charge in [-0.2, -0.15) is 5.10 Å². The lowest BCUT2D eigenvalue weighted by atomic mass is 10.4. The molecule has 0 aromatic carbocycles. The van der Waals surface area contributed by atoms with E-state index in [0.29, 0.717) is 6.04 Å². The molecule has 1 rings (SSSR count). The van der Waals surface area contributed by atoms with Crippen LogP contribution >= 0.6 is 0 Å². The average Bonchev–Trinajstić information content (AvgIpc) is 2.61. The van der Waals surface area contributed by atoms with Gasteiger partial charge in [0, 0.05) is 31.7 Å². The van der Waals surface area contributed by atoms with Crippen LogP contribution < -0.4 is 5.32 Å². The monoisotopic (exact) mass is 191 g/mol. The summed E-state index contributed by atoms with van der Waals surface area (Å²) in [5, 5.41) is 7.65. The average molecular weight is 191 g/mol. The molecule has 14 heavy (non-hydrogen) atoms. The van der Waals surface area contributed by atoms with E-state index in [9.17, 15) is 0 Å². The Morgan fingerprint density at radius 3 is 3.00 bits per heavy atom. The van der Waals surface area contributed by atoms with E-state index in [1.807, 2.05) is 16.9 Å². The van der Waals surface area contributed by atoms with E-state index in [0.717, 1.165) is 25.2 Å². The van der Waals surface area contributed by atoms with Crippen molar-refractivity contribution in [3.05, 3.63) is 18.0 Å². The molecule has 3 nitrogen and oxygen atoms in total. The maximum Gasteiger partial charge on any atom is 0.0762 e. The molecule has 0 aliphatic heterocycles. The third-order valence-corrected chi connectivity index (χ3v) is 1.94. The zero-order valence-electron chi connectivity index (χ0n) is 8.83. The lowest BCUT2D eigenvalue weighted by Crippen LogP contribution is -2.15. The standard InChI is InChI=1S/C11H17N3/c1-4-5-7-12-9-11-6-8-14(13-11)10(2)3/h1,6,8,10,12H,5,7,9H2,2-3H3. The van der Waals surface area contributed by atoms with Gasteiger partial charge in [0.25, 0.3) is 0 Å². The normalized spacial score (nSPS) is 10.4. The lowest BCUT2D eigenvalue weighted by Gasteiger charge is -2.04. The summed E-state index contributed by atoms with van der Waals surface area (Å²) in [5.41, 5.74) is 1.07. The van der Waals surface area contributed by atoms with Crippen molar-refractivity contribution in [2.75, 3.05) is 6.54 Å². The van der Waals surface area contributed by atoms with Crippen LogP contribution in [0.15, 0.2) is 12.3 Å². The van der Waals surface area contributed by atoms with Gasteiger partial charge >= 0.3 is 0 Å². The summed E-state index contributed by atoms with van der Waals surface area (Å²) in [7, 11) is 0. The van der Waals surface area contributed by atoms with Crippen LogP contribution in [0.4, 0.5) is 0 Å². The van der Waals surface area contributed by atoms with Gasteiger partial charge < -0.3 is 5.32 Å². The molecule has 0 unspecified atom stereocenters. The Labute approximate surface area is 85.5 Å². The number of rotatable bonds is 5. The molecule has 0 fully saturated rings. The number of hydrogen-bond donors (Lipinski definition) is 1. The van der Waals surface area contributed by atoms with Crippen LogP contribution in [-0.2, 0) is 6.54 Å². The second-order valence-corrected chi connectivity index (χ2v) is 3.51. The number of aromatic nitrogens is 2. The molecule has 0 saturated carbocycles. The highest BCUT2D eigenvalue weighted by Gasteiger charge is 2.00. The fourth-order valence-electron chi connectivity index (χ4n) is 1.14. The summed E-state index contributed by atoms with van der Waals surface area (Å²) < 4.78 is 1.96. The molecule has 0 aliphatic rings. The van der Waals surface area contributed by atoms with Crippen LogP contribution in [0.1, 0.15) is 32.0 Å². The van der Waals surface area contributed by atoms with E-state index in [1.54, 1.807) is 0 Å². The van der Waals surface area contributed by atoms with Crippen molar-refractivity contribution in [3.63, 3.8) is 0 Å². The van der Waals surface area contributed by atoms with Crippen LogP contribution in [0.3, 0.4) is 0 Å². The molecular weight excluding hydrogens is 174 g/mol. The quantitative estimate of drug-likeness (QED) is 0.565. The molecular formula is C11H17N3. The van der Waals surface area contributed by atoms with Crippen molar-refractivity contribution in [2.45, 2.75) is 32.9 Å². The maximum atomic E-state index is 5.14. The number of nitrogens with zero attached hydrogens (tertiary/aromatic N) is 2. The molecule has 1 heterocycles. The highest BCUT2D eigenvalue weighted by atomic mass is 15.3. The molecule has 3 heteroatoms. The van der Waals surface area contributed by atoms with Crippen LogP contribution in [0.25, 0.3) is 0 Å². The van der Waals surface area contributed by atoms with Gasteiger partial charge in [0.2, 0.25) is 0 Å². The van der Waals surface area contributed by atoms with Gasteiger partial charge in [0.15, 0.2) is 0 Å². The van der Waals surface area contributed by atoms with Crippen LogP contribution in [0.2, 0.25) is 0 Å². The first kappa shape index (κ1) is 10.8. The molecule has 1 N–H and O–H groups in total. The highest BCUT2D eigenvalue weighted by molar-refractivity contribution is 4.99. The van der Waals surface area contributed by atoms with E-state index in [-0.39, 0.29) is 0 Å². The Hall–Kier alpha value is -1.27. The zero-order valence-corrected chi connectivity index (χ0v) is 8.83. The Morgan fingerprint density at radius 2 is 2.43 bits per heavy atom. The van der Waals surface area contributed by atoms with Gasteiger partial charge in [-0.15, -0.1) is 12.3 Å². The minimum absolute atomic E-state index is 0.425. The Morgan fingerprint density at radius 1 is 1.64 bits per heavy atom. The summed E-state index contributed by atoms with van der Waals surface area (Å²) in [6, 6.07) is 2.46. The zero-order chi connectivity index (χ0) is 10.4. The minimum atomic E-state index is 0.425. The third kappa shape index (κ3) is 3.23. The first-order valence-corrected chi connectivity index (χ1v) is 4.92. The van der Waals surface area contributed by atoms with Crippen molar-refractivity contribution < 1.29 is 0 Å². The summed E-state index contributed by atoms with van der Waals surface area (Å²) >= 11 is 0. The van der Waals surface area contributed by atoms with Gasteiger partial charge in [0.1, 0.15) is 0 Å². The van der Waals surface area contributed by atoms with Gasteiger partial charge in [0.05, 0.1) is 5.69 Å². The molecule has 76 valence electrons. The largest absolute Gasteiger partial charge is 0.310 e. The number of nitrogens with one attached hydrogen (secondary N) is 1. The molecule has 0 spiro atoms. The van der Waals surface area contributed by atoms with Gasteiger partial charge in [-0.05, 0) is 19.9 Å². The molecule has 0 atom stereocenters. The second kappa shape index (κ2) is 5.46. The SMILES string of the molecule is C#CCCNCc1ccn(C(C)C)n1. The third-order valence-electron chi connectivity index (χ3n) is 1.94. The van der Waals surface area contributed by atoms with Crippen LogP contribution in [-0.4, -0.2) is 16.3 Å². The Bertz CT molecular complexity index is 307. The molecule has 0 saturated heterocycles. The van der Waals surface area contributed by atoms with E-state index >= 15 is 0 Å². The predicted octanol–water partition coefficient (Wildman–Crippen LogP) is 1.58. The molecule has 0 aliphatic carbocycles. The Kier molecular flexibility index (Phi) is 4.21. The topological polar surface area (TPSA) is 29.9 Å². The first-order chi connectivity index (χ1) is 6.74. The van der Waals surface area contributed by atoms with E-state index in [4.69, 9.17) is 6.42 Å². The summed E-state index contributed by atoms with van der Waals surface area (Å²) in [6.07, 6.45) is 7.91. The van der Waals surface area contributed by atoms with Gasteiger partial charge in [-0.3, -0.25) is 4.68 Å². The molecule has 0 amide bonds. The molecule has 0 bridgehead atoms. The minimum Gasteiger partial charge on any atom is -0.310 e. The van der Waals surface area contributed by atoms with Crippen molar-refractivity contribution in [3.8, 4) is 12.3 Å². The van der Waals surface area contributed by atoms with Gasteiger partial charge in [-0.1, -0.05) is 0 Å².